The van der Waals surface area contributed by atoms with Gasteiger partial charge >= 0.3 is 0 Å². The van der Waals surface area contributed by atoms with Crippen LogP contribution in [-0.2, 0) is 11.3 Å². The lowest BCUT2D eigenvalue weighted by Gasteiger charge is -2.18. The Bertz CT molecular complexity index is 374. The maximum atomic E-state index is 5.25. The molecule has 0 aromatic heterocycles. The summed E-state index contributed by atoms with van der Waals surface area (Å²) in [6.07, 6.45) is 0. The summed E-state index contributed by atoms with van der Waals surface area (Å²) < 4.78 is 11.4. The Hall–Kier alpha value is -0.620. The van der Waals surface area contributed by atoms with Crippen molar-refractivity contribution in [2.75, 3.05) is 47.5 Å². The second-order valence-electron chi connectivity index (χ2n) is 4.44. The lowest BCUT2D eigenvalue weighted by atomic mass is 10.2. The summed E-state index contributed by atoms with van der Waals surface area (Å²) in [7, 11) is 5.52. The molecule has 19 heavy (non-hydrogen) atoms. The van der Waals surface area contributed by atoms with Crippen LogP contribution in [0.4, 0.5) is 0 Å². The molecule has 0 radical (unpaired) electrons. The van der Waals surface area contributed by atoms with Gasteiger partial charge in [-0.1, -0.05) is 15.9 Å². The molecule has 1 aromatic carbocycles. The zero-order valence-corrected chi connectivity index (χ0v) is 13.5. The number of hydrogen-bond donors (Lipinski definition) is 1. The van der Waals surface area contributed by atoms with Crippen molar-refractivity contribution >= 4 is 15.9 Å². The predicted molar refractivity (Wildman–Crippen MR) is 81.8 cm³/mol. The molecule has 108 valence electrons. The number of hydrogen-bond acceptors (Lipinski definition) is 4. The van der Waals surface area contributed by atoms with Gasteiger partial charge in [-0.25, -0.2) is 0 Å². The van der Waals surface area contributed by atoms with Crippen LogP contribution in [0.5, 0.6) is 5.75 Å². The molecule has 0 bridgehead atoms. The highest BCUT2D eigenvalue weighted by Crippen LogP contribution is 2.23. The molecule has 0 amide bonds. The molecule has 0 fully saturated rings. The highest BCUT2D eigenvalue weighted by atomic mass is 79.9. The number of rotatable bonds is 9. The van der Waals surface area contributed by atoms with Gasteiger partial charge in [0, 0.05) is 37.8 Å². The molecule has 0 saturated heterocycles. The van der Waals surface area contributed by atoms with Crippen LogP contribution in [-0.4, -0.2) is 52.4 Å². The second-order valence-corrected chi connectivity index (χ2v) is 5.29. The molecule has 0 unspecified atom stereocenters. The van der Waals surface area contributed by atoms with E-state index in [9.17, 15) is 0 Å². The molecule has 0 aliphatic rings. The highest BCUT2D eigenvalue weighted by molar-refractivity contribution is 9.10. The van der Waals surface area contributed by atoms with Crippen LogP contribution < -0.4 is 10.1 Å². The first-order chi connectivity index (χ1) is 9.17. The largest absolute Gasteiger partial charge is 0.497 e. The van der Waals surface area contributed by atoms with E-state index in [1.54, 1.807) is 14.2 Å². The quantitative estimate of drug-likeness (QED) is 0.703. The van der Waals surface area contributed by atoms with Crippen molar-refractivity contribution in [1.29, 1.82) is 0 Å². The molecule has 0 saturated carbocycles. The molecule has 0 aliphatic carbocycles. The van der Waals surface area contributed by atoms with Crippen molar-refractivity contribution in [3.63, 3.8) is 0 Å². The number of nitrogens with one attached hydrogen (secondary N) is 1. The third-order valence-electron chi connectivity index (χ3n) is 2.85. The van der Waals surface area contributed by atoms with Crippen LogP contribution in [0.2, 0.25) is 0 Å². The van der Waals surface area contributed by atoms with Crippen LogP contribution >= 0.6 is 15.9 Å². The lowest BCUT2D eigenvalue weighted by Crippen LogP contribution is -2.30. The molecule has 0 atom stereocenters. The van der Waals surface area contributed by atoms with Crippen LogP contribution in [0.15, 0.2) is 22.7 Å². The monoisotopic (exact) mass is 330 g/mol. The van der Waals surface area contributed by atoms with Crippen molar-refractivity contribution in [2.45, 2.75) is 6.54 Å². The number of benzene rings is 1. The predicted octanol–water partition coefficient (Wildman–Crippen LogP) is 2.13. The minimum Gasteiger partial charge on any atom is -0.497 e. The molecule has 5 heteroatoms. The van der Waals surface area contributed by atoms with Crippen molar-refractivity contribution in [2.24, 2.45) is 0 Å². The minimum absolute atomic E-state index is 0.755. The van der Waals surface area contributed by atoms with E-state index in [2.05, 4.69) is 39.3 Å². The van der Waals surface area contributed by atoms with Gasteiger partial charge in [0.2, 0.25) is 0 Å². The van der Waals surface area contributed by atoms with E-state index >= 15 is 0 Å². The maximum absolute atomic E-state index is 5.25. The lowest BCUT2D eigenvalue weighted by molar-refractivity contribution is 0.197. The summed E-state index contributed by atoms with van der Waals surface area (Å²) in [5.74, 6) is 0.893. The first-order valence-electron chi connectivity index (χ1n) is 6.38. The Morgan fingerprint density at radius 2 is 2.05 bits per heavy atom. The minimum atomic E-state index is 0.755. The Kier molecular flexibility index (Phi) is 8.05. The summed E-state index contributed by atoms with van der Waals surface area (Å²) in [5.41, 5.74) is 1.23. The van der Waals surface area contributed by atoms with Crippen molar-refractivity contribution < 1.29 is 9.47 Å². The van der Waals surface area contributed by atoms with Gasteiger partial charge in [0.15, 0.2) is 0 Å². The Morgan fingerprint density at radius 3 is 2.74 bits per heavy atom. The van der Waals surface area contributed by atoms with E-state index in [1.807, 2.05) is 12.1 Å². The van der Waals surface area contributed by atoms with Crippen LogP contribution in [0.3, 0.4) is 0 Å². The zero-order valence-electron chi connectivity index (χ0n) is 11.9. The molecule has 0 spiro atoms. The topological polar surface area (TPSA) is 33.7 Å². The fraction of sp³-hybridized carbons (Fsp3) is 0.571. The van der Waals surface area contributed by atoms with Gasteiger partial charge in [-0.2, -0.15) is 0 Å². The van der Waals surface area contributed by atoms with Crippen LogP contribution in [0, 0.1) is 0 Å². The summed E-state index contributed by atoms with van der Waals surface area (Å²) in [6, 6.07) is 6.05. The second kappa shape index (κ2) is 9.31. The number of ether oxygens (including phenoxy) is 2. The van der Waals surface area contributed by atoms with E-state index in [4.69, 9.17) is 9.47 Å². The Balaban J connectivity index is 2.37. The van der Waals surface area contributed by atoms with E-state index < -0.39 is 0 Å². The van der Waals surface area contributed by atoms with Crippen LogP contribution in [0.25, 0.3) is 0 Å². The van der Waals surface area contributed by atoms with Gasteiger partial charge in [0.05, 0.1) is 13.7 Å². The Labute approximate surface area is 124 Å². The summed E-state index contributed by atoms with van der Waals surface area (Å²) in [6.45, 7) is 4.50. The van der Waals surface area contributed by atoms with E-state index in [-0.39, 0.29) is 0 Å². The molecular weight excluding hydrogens is 308 g/mol. The molecule has 4 nitrogen and oxygen atoms in total. The summed E-state index contributed by atoms with van der Waals surface area (Å²) in [4.78, 5) is 2.28. The van der Waals surface area contributed by atoms with Crippen molar-refractivity contribution in [1.82, 2.24) is 10.2 Å². The van der Waals surface area contributed by atoms with Crippen LogP contribution in [0.1, 0.15) is 5.56 Å². The number of halogens is 1. The number of nitrogens with zero attached hydrogens (tertiary/aromatic N) is 1. The average molecular weight is 331 g/mol. The smallest absolute Gasteiger partial charge is 0.119 e. The standard InChI is InChI=1S/C14H23BrN2O2/c1-17(8-6-16-7-9-18-2)11-12-10-13(19-3)4-5-14(12)15/h4-5,10,16H,6-9,11H2,1-3H3. The molecule has 1 aromatic rings. The fourth-order valence-corrected chi connectivity index (χ4v) is 2.11. The number of methoxy groups -OCH3 is 2. The molecule has 1 N–H and O–H groups in total. The van der Waals surface area contributed by atoms with Crippen molar-refractivity contribution in [3.8, 4) is 5.75 Å². The third-order valence-corrected chi connectivity index (χ3v) is 3.62. The zero-order chi connectivity index (χ0) is 14.1. The van der Waals surface area contributed by atoms with Gasteiger partial charge < -0.3 is 19.7 Å². The normalized spacial score (nSPS) is 11.0. The molecule has 1 rings (SSSR count). The van der Waals surface area contributed by atoms with Gasteiger partial charge in [-0.05, 0) is 30.8 Å². The van der Waals surface area contributed by atoms with Crippen molar-refractivity contribution in [3.05, 3.63) is 28.2 Å². The van der Waals surface area contributed by atoms with Gasteiger partial charge in [0.1, 0.15) is 5.75 Å². The van der Waals surface area contributed by atoms with E-state index in [1.165, 1.54) is 5.56 Å². The van der Waals surface area contributed by atoms with Gasteiger partial charge in [-0.3, -0.25) is 0 Å². The maximum Gasteiger partial charge on any atom is 0.119 e. The highest BCUT2D eigenvalue weighted by Gasteiger charge is 2.05. The van der Waals surface area contributed by atoms with E-state index in [0.29, 0.717) is 0 Å². The summed E-state index contributed by atoms with van der Waals surface area (Å²) >= 11 is 3.58. The average Bonchev–Trinajstić information content (AvgIpc) is 2.41. The molecule has 0 heterocycles. The van der Waals surface area contributed by atoms with Gasteiger partial charge in [0.25, 0.3) is 0 Å². The van der Waals surface area contributed by atoms with E-state index in [0.717, 1.165) is 43.0 Å². The molecule has 0 aliphatic heterocycles. The van der Waals surface area contributed by atoms with Gasteiger partial charge in [-0.15, -0.1) is 0 Å². The summed E-state index contributed by atoms with van der Waals surface area (Å²) in [5, 5.41) is 3.34. The fourth-order valence-electron chi connectivity index (χ4n) is 1.74. The first-order valence-corrected chi connectivity index (χ1v) is 7.17. The number of likely N-dealkylation sites (N-methyl/N-ethyl adjacent to an activating group) is 1. The third kappa shape index (κ3) is 6.38. The molecular formula is C14H23BrN2O2. The Morgan fingerprint density at radius 1 is 1.26 bits per heavy atom. The first kappa shape index (κ1) is 16.4. The SMILES string of the molecule is COCCNCCN(C)Cc1cc(OC)ccc1Br.